The Bertz CT molecular complexity index is 1080. The van der Waals surface area contributed by atoms with Crippen LogP contribution in [0, 0.1) is 5.82 Å². The van der Waals surface area contributed by atoms with Crippen molar-refractivity contribution in [2.45, 2.75) is 13.2 Å². The average molecular weight is 436 g/mol. The highest BCUT2D eigenvalue weighted by atomic mass is 79.9. The number of fused-ring (bicyclic) bond motifs is 1. The maximum Gasteiger partial charge on any atom is 0.125 e. The van der Waals surface area contributed by atoms with Gasteiger partial charge in [-0.1, -0.05) is 58.4 Å². The normalized spacial score (nSPS) is 10.8. The lowest BCUT2D eigenvalue weighted by atomic mass is 10.0. The minimum Gasteiger partial charge on any atom is -0.489 e. The molecule has 0 amide bonds. The van der Waals surface area contributed by atoms with Gasteiger partial charge in [-0.05, 0) is 58.8 Å². The highest BCUT2D eigenvalue weighted by Crippen LogP contribution is 2.30. The van der Waals surface area contributed by atoms with Gasteiger partial charge >= 0.3 is 0 Å². The predicted octanol–water partition coefficient (Wildman–Crippen LogP) is 6.93. The van der Waals surface area contributed by atoms with E-state index in [0.717, 1.165) is 37.8 Å². The summed E-state index contributed by atoms with van der Waals surface area (Å²) in [5.74, 6) is 0.602. The molecule has 28 heavy (non-hydrogen) atoms. The number of ether oxygens (including phenoxy) is 1. The Morgan fingerprint density at radius 1 is 0.821 bits per heavy atom. The highest BCUT2D eigenvalue weighted by Gasteiger charge is 2.09. The molecule has 4 aromatic carbocycles. The molecule has 0 aliphatic rings. The predicted molar refractivity (Wildman–Crippen MR) is 116 cm³/mol. The first-order chi connectivity index (χ1) is 13.7. The smallest absolute Gasteiger partial charge is 0.125 e. The lowest BCUT2D eigenvalue weighted by molar-refractivity contribution is 0.304. The minimum atomic E-state index is -0.241. The first-order valence-corrected chi connectivity index (χ1v) is 9.86. The van der Waals surface area contributed by atoms with Crippen LogP contribution < -0.4 is 10.1 Å². The fourth-order valence-electron chi connectivity index (χ4n) is 3.13. The van der Waals surface area contributed by atoms with Gasteiger partial charge < -0.3 is 10.1 Å². The largest absolute Gasteiger partial charge is 0.489 e. The van der Waals surface area contributed by atoms with Gasteiger partial charge in [0, 0.05) is 22.3 Å². The van der Waals surface area contributed by atoms with Crippen molar-refractivity contribution in [3.63, 3.8) is 0 Å². The average Bonchev–Trinajstić information content (AvgIpc) is 2.73. The van der Waals surface area contributed by atoms with Gasteiger partial charge in [-0.15, -0.1) is 0 Å². The van der Waals surface area contributed by atoms with Gasteiger partial charge in [-0.25, -0.2) is 4.39 Å². The lowest BCUT2D eigenvalue weighted by Gasteiger charge is -2.16. The maximum atomic E-state index is 13.2. The Morgan fingerprint density at radius 3 is 2.36 bits per heavy atom. The van der Waals surface area contributed by atoms with E-state index in [-0.39, 0.29) is 5.82 Å². The van der Waals surface area contributed by atoms with E-state index in [1.165, 1.54) is 12.1 Å². The topological polar surface area (TPSA) is 21.3 Å². The van der Waals surface area contributed by atoms with Crippen LogP contribution in [0.15, 0.2) is 89.4 Å². The van der Waals surface area contributed by atoms with E-state index < -0.39 is 0 Å². The first-order valence-electron chi connectivity index (χ1n) is 9.06. The molecule has 0 fully saturated rings. The molecule has 0 aromatic heterocycles. The van der Waals surface area contributed by atoms with Crippen LogP contribution in [0.1, 0.15) is 11.1 Å². The van der Waals surface area contributed by atoms with Crippen molar-refractivity contribution in [2.24, 2.45) is 0 Å². The summed E-state index contributed by atoms with van der Waals surface area (Å²) >= 11 is 3.45. The molecule has 0 aliphatic carbocycles. The van der Waals surface area contributed by atoms with Crippen LogP contribution in [0.2, 0.25) is 0 Å². The summed E-state index contributed by atoms with van der Waals surface area (Å²) < 4.78 is 20.4. The van der Waals surface area contributed by atoms with Crippen LogP contribution in [0.5, 0.6) is 5.75 Å². The van der Waals surface area contributed by atoms with Gasteiger partial charge in [0.1, 0.15) is 18.2 Å². The molecule has 0 aliphatic heterocycles. The first kappa shape index (κ1) is 18.5. The van der Waals surface area contributed by atoms with Crippen LogP contribution in [-0.2, 0) is 13.2 Å². The van der Waals surface area contributed by atoms with Crippen LogP contribution in [0.4, 0.5) is 10.1 Å². The number of anilines is 1. The van der Waals surface area contributed by atoms with Crippen molar-refractivity contribution in [3.05, 3.63) is 106 Å². The molecule has 2 nitrogen and oxygen atoms in total. The summed E-state index contributed by atoms with van der Waals surface area (Å²) in [7, 11) is 0. The van der Waals surface area contributed by atoms with E-state index in [9.17, 15) is 4.39 Å². The second-order valence-corrected chi connectivity index (χ2v) is 7.45. The van der Waals surface area contributed by atoms with E-state index in [1.807, 2.05) is 42.5 Å². The SMILES string of the molecule is Fc1ccc(NCc2c(OCc3ccc(Br)cc3)ccc3ccccc23)cc1. The molecule has 0 heterocycles. The van der Waals surface area contributed by atoms with Crippen molar-refractivity contribution in [1.29, 1.82) is 0 Å². The summed E-state index contributed by atoms with van der Waals surface area (Å²) in [6, 6.07) is 26.8. The van der Waals surface area contributed by atoms with Crippen LogP contribution in [-0.4, -0.2) is 0 Å². The fourth-order valence-corrected chi connectivity index (χ4v) is 3.40. The summed E-state index contributed by atoms with van der Waals surface area (Å²) in [5, 5.41) is 5.68. The Hall–Kier alpha value is -2.85. The van der Waals surface area contributed by atoms with Crippen molar-refractivity contribution in [3.8, 4) is 5.75 Å². The van der Waals surface area contributed by atoms with E-state index in [2.05, 4.69) is 39.4 Å². The van der Waals surface area contributed by atoms with Crippen molar-refractivity contribution in [1.82, 2.24) is 0 Å². The molecule has 4 heteroatoms. The van der Waals surface area contributed by atoms with Crippen molar-refractivity contribution < 1.29 is 9.13 Å². The highest BCUT2D eigenvalue weighted by molar-refractivity contribution is 9.10. The number of rotatable bonds is 6. The van der Waals surface area contributed by atoms with Crippen molar-refractivity contribution >= 4 is 32.4 Å². The van der Waals surface area contributed by atoms with E-state index >= 15 is 0 Å². The Balaban J connectivity index is 1.60. The van der Waals surface area contributed by atoms with Gasteiger partial charge in [0.2, 0.25) is 0 Å². The molecule has 0 saturated carbocycles. The number of nitrogens with one attached hydrogen (secondary N) is 1. The molecule has 0 bridgehead atoms. The van der Waals surface area contributed by atoms with Gasteiger partial charge in [-0.3, -0.25) is 0 Å². The van der Waals surface area contributed by atoms with Gasteiger partial charge in [0.25, 0.3) is 0 Å². The third-order valence-corrected chi connectivity index (χ3v) is 5.15. The molecular formula is C24H19BrFNO. The van der Waals surface area contributed by atoms with Crippen LogP contribution in [0.25, 0.3) is 10.8 Å². The monoisotopic (exact) mass is 435 g/mol. The second kappa shape index (κ2) is 8.44. The fraction of sp³-hybridized carbons (Fsp3) is 0.0833. The number of benzene rings is 4. The summed E-state index contributed by atoms with van der Waals surface area (Å²) in [6.45, 7) is 1.08. The standard InChI is InChI=1S/C24H19BrFNO/c25-19-8-5-17(6-9-19)16-28-24-14-7-18-3-1-2-4-22(18)23(24)15-27-21-12-10-20(26)11-13-21/h1-14,27H,15-16H2. The van der Waals surface area contributed by atoms with E-state index in [0.29, 0.717) is 13.2 Å². The Labute approximate surface area is 172 Å². The molecule has 0 unspecified atom stereocenters. The molecule has 0 radical (unpaired) electrons. The lowest BCUT2D eigenvalue weighted by Crippen LogP contribution is -2.04. The quantitative estimate of drug-likeness (QED) is 0.354. The van der Waals surface area contributed by atoms with Gasteiger partial charge in [0.05, 0.1) is 0 Å². The van der Waals surface area contributed by atoms with Gasteiger partial charge in [0.15, 0.2) is 0 Å². The third-order valence-electron chi connectivity index (χ3n) is 4.62. The zero-order valence-corrected chi connectivity index (χ0v) is 16.7. The Morgan fingerprint density at radius 2 is 1.57 bits per heavy atom. The summed E-state index contributed by atoms with van der Waals surface area (Å²) in [6.07, 6.45) is 0. The third kappa shape index (κ3) is 4.34. The molecule has 0 spiro atoms. The second-order valence-electron chi connectivity index (χ2n) is 6.54. The maximum absolute atomic E-state index is 13.2. The van der Waals surface area contributed by atoms with Crippen LogP contribution in [0.3, 0.4) is 0 Å². The number of hydrogen-bond donors (Lipinski definition) is 1. The van der Waals surface area contributed by atoms with Crippen LogP contribution >= 0.6 is 15.9 Å². The number of halogens is 2. The van der Waals surface area contributed by atoms with Gasteiger partial charge in [-0.2, -0.15) is 0 Å². The molecule has 1 N–H and O–H groups in total. The molecule has 4 rings (SSSR count). The molecule has 140 valence electrons. The molecular weight excluding hydrogens is 417 g/mol. The molecule has 0 atom stereocenters. The zero-order chi connectivity index (χ0) is 19.3. The molecule has 0 saturated heterocycles. The summed E-state index contributed by atoms with van der Waals surface area (Å²) in [4.78, 5) is 0. The van der Waals surface area contributed by atoms with Crippen molar-refractivity contribution in [2.75, 3.05) is 5.32 Å². The summed E-state index contributed by atoms with van der Waals surface area (Å²) in [5.41, 5.74) is 3.06. The minimum absolute atomic E-state index is 0.241. The van der Waals surface area contributed by atoms with E-state index in [4.69, 9.17) is 4.74 Å². The van der Waals surface area contributed by atoms with E-state index in [1.54, 1.807) is 12.1 Å². The zero-order valence-electron chi connectivity index (χ0n) is 15.2. The molecule has 4 aromatic rings. The number of hydrogen-bond acceptors (Lipinski definition) is 2. The Kier molecular flexibility index (Phi) is 5.58.